The molecule has 0 amide bonds. The van der Waals surface area contributed by atoms with Gasteiger partial charge in [0, 0.05) is 24.6 Å². The van der Waals surface area contributed by atoms with Gasteiger partial charge in [0.2, 0.25) is 0 Å². The van der Waals surface area contributed by atoms with Gasteiger partial charge in [-0.15, -0.1) is 0 Å². The van der Waals surface area contributed by atoms with Crippen LogP contribution < -0.4 is 20.1 Å². The first-order valence-corrected chi connectivity index (χ1v) is 5.45. The highest BCUT2D eigenvalue weighted by Gasteiger charge is 2.28. The predicted molar refractivity (Wildman–Crippen MR) is 64.7 cm³/mol. The molecule has 1 aromatic carbocycles. The average Bonchev–Trinajstić information content (AvgIpc) is 2.73. The summed E-state index contributed by atoms with van der Waals surface area (Å²) in [6.45, 7) is 1.86. The molecule has 2 rings (SSSR count). The van der Waals surface area contributed by atoms with E-state index in [1.165, 1.54) is 5.56 Å². The first-order valence-electron chi connectivity index (χ1n) is 5.45. The molecular formula is C12H18N2O2. The highest BCUT2D eigenvalue weighted by molar-refractivity contribution is 5.71. The Morgan fingerprint density at radius 1 is 1.31 bits per heavy atom. The molecule has 1 heterocycles. The third kappa shape index (κ3) is 1.69. The van der Waals surface area contributed by atoms with Gasteiger partial charge in [-0.25, -0.2) is 0 Å². The molecule has 0 aliphatic carbocycles. The van der Waals surface area contributed by atoms with E-state index in [-0.39, 0.29) is 0 Å². The van der Waals surface area contributed by atoms with Crippen LogP contribution >= 0.6 is 0 Å². The van der Waals surface area contributed by atoms with Crippen molar-refractivity contribution >= 4 is 5.69 Å². The second kappa shape index (κ2) is 4.61. The molecule has 4 nitrogen and oxygen atoms in total. The van der Waals surface area contributed by atoms with Crippen molar-refractivity contribution in [3.8, 4) is 11.5 Å². The van der Waals surface area contributed by atoms with Crippen molar-refractivity contribution in [2.45, 2.75) is 5.92 Å². The van der Waals surface area contributed by atoms with Gasteiger partial charge in [-0.2, -0.15) is 0 Å². The lowest BCUT2D eigenvalue weighted by molar-refractivity contribution is 0.399. The molecule has 1 aromatic rings. The molecule has 4 heteroatoms. The van der Waals surface area contributed by atoms with E-state index < -0.39 is 0 Å². The molecular weight excluding hydrogens is 204 g/mol. The number of methoxy groups -OCH3 is 2. The lowest BCUT2D eigenvalue weighted by Crippen LogP contribution is -2.18. The molecule has 0 saturated carbocycles. The number of hydrogen-bond acceptors (Lipinski definition) is 4. The Bertz CT molecular complexity index is 380. The van der Waals surface area contributed by atoms with E-state index >= 15 is 0 Å². The van der Waals surface area contributed by atoms with Gasteiger partial charge < -0.3 is 20.1 Å². The van der Waals surface area contributed by atoms with Gasteiger partial charge in [-0.3, -0.25) is 0 Å². The number of fused-ring (bicyclic) bond motifs is 1. The fourth-order valence-corrected chi connectivity index (χ4v) is 2.26. The summed E-state index contributed by atoms with van der Waals surface area (Å²) in [5.41, 5.74) is 2.29. The molecule has 16 heavy (non-hydrogen) atoms. The van der Waals surface area contributed by atoms with Gasteiger partial charge in [0.05, 0.1) is 19.9 Å². The predicted octanol–water partition coefficient (Wildman–Crippen LogP) is 1.43. The molecule has 0 aromatic heterocycles. The molecule has 0 saturated heterocycles. The minimum Gasteiger partial charge on any atom is -0.496 e. The molecule has 88 valence electrons. The lowest BCUT2D eigenvalue weighted by Gasteiger charge is -2.14. The molecule has 0 bridgehead atoms. The highest BCUT2D eigenvalue weighted by atomic mass is 16.5. The first kappa shape index (κ1) is 11.1. The number of anilines is 1. The van der Waals surface area contributed by atoms with Crippen LogP contribution in [0, 0.1) is 0 Å². The second-order valence-electron chi connectivity index (χ2n) is 3.89. The number of ether oxygens (including phenoxy) is 2. The maximum atomic E-state index is 5.41. The SMILES string of the molecule is CNCC1CNc2c(OC)ccc(OC)c21. The van der Waals surface area contributed by atoms with Gasteiger partial charge in [0.25, 0.3) is 0 Å². The summed E-state index contributed by atoms with van der Waals surface area (Å²) in [6, 6.07) is 3.90. The van der Waals surface area contributed by atoms with Gasteiger partial charge in [0.15, 0.2) is 0 Å². The summed E-state index contributed by atoms with van der Waals surface area (Å²) in [7, 11) is 5.36. The number of hydrogen-bond donors (Lipinski definition) is 2. The van der Waals surface area contributed by atoms with Crippen LogP contribution in [-0.4, -0.2) is 34.4 Å². The number of benzene rings is 1. The normalized spacial score (nSPS) is 17.8. The van der Waals surface area contributed by atoms with Crippen molar-refractivity contribution in [1.82, 2.24) is 5.32 Å². The van der Waals surface area contributed by atoms with Gasteiger partial charge in [0.1, 0.15) is 11.5 Å². The van der Waals surface area contributed by atoms with E-state index in [4.69, 9.17) is 9.47 Å². The van der Waals surface area contributed by atoms with Crippen LogP contribution in [0.4, 0.5) is 5.69 Å². The molecule has 1 aliphatic rings. The minimum atomic E-state index is 0.435. The number of likely N-dealkylation sites (N-methyl/N-ethyl adjacent to an activating group) is 1. The second-order valence-corrected chi connectivity index (χ2v) is 3.89. The number of nitrogens with one attached hydrogen (secondary N) is 2. The topological polar surface area (TPSA) is 42.5 Å². The summed E-state index contributed by atoms with van der Waals surface area (Å²) in [4.78, 5) is 0. The summed E-state index contributed by atoms with van der Waals surface area (Å²) in [5.74, 6) is 2.25. The van der Waals surface area contributed by atoms with Crippen LogP contribution in [0.25, 0.3) is 0 Å². The van der Waals surface area contributed by atoms with E-state index in [1.54, 1.807) is 14.2 Å². The summed E-state index contributed by atoms with van der Waals surface area (Å²) < 4.78 is 10.8. The fraction of sp³-hybridized carbons (Fsp3) is 0.500. The molecule has 2 N–H and O–H groups in total. The van der Waals surface area contributed by atoms with Crippen LogP contribution in [0.1, 0.15) is 11.5 Å². The molecule has 1 atom stereocenters. The standard InChI is InChI=1S/C12H18N2O2/c1-13-6-8-7-14-12-10(16-3)5-4-9(15-2)11(8)12/h4-5,8,13-14H,6-7H2,1-3H3. The van der Waals surface area contributed by atoms with Gasteiger partial charge in [-0.05, 0) is 19.2 Å². The Kier molecular flexibility index (Phi) is 3.19. The van der Waals surface area contributed by atoms with E-state index in [0.717, 1.165) is 30.3 Å². The third-order valence-electron chi connectivity index (χ3n) is 2.99. The van der Waals surface area contributed by atoms with Crippen molar-refractivity contribution in [3.05, 3.63) is 17.7 Å². The Morgan fingerprint density at radius 2 is 2.00 bits per heavy atom. The zero-order chi connectivity index (χ0) is 11.5. The highest BCUT2D eigenvalue weighted by Crippen LogP contribution is 2.43. The quantitative estimate of drug-likeness (QED) is 0.809. The smallest absolute Gasteiger partial charge is 0.142 e. The van der Waals surface area contributed by atoms with E-state index in [9.17, 15) is 0 Å². The van der Waals surface area contributed by atoms with E-state index in [2.05, 4.69) is 10.6 Å². The minimum absolute atomic E-state index is 0.435. The van der Waals surface area contributed by atoms with E-state index in [1.807, 2.05) is 19.2 Å². The molecule has 0 spiro atoms. The van der Waals surface area contributed by atoms with Crippen molar-refractivity contribution in [2.75, 3.05) is 39.7 Å². The molecule has 1 aliphatic heterocycles. The zero-order valence-corrected chi connectivity index (χ0v) is 9.96. The van der Waals surface area contributed by atoms with Crippen molar-refractivity contribution in [2.24, 2.45) is 0 Å². The van der Waals surface area contributed by atoms with Gasteiger partial charge >= 0.3 is 0 Å². The Hall–Kier alpha value is -1.42. The largest absolute Gasteiger partial charge is 0.496 e. The molecule has 0 radical (unpaired) electrons. The van der Waals surface area contributed by atoms with Crippen LogP contribution in [0.5, 0.6) is 11.5 Å². The van der Waals surface area contributed by atoms with E-state index in [0.29, 0.717) is 5.92 Å². The average molecular weight is 222 g/mol. The van der Waals surface area contributed by atoms with Crippen LogP contribution in [0.3, 0.4) is 0 Å². The summed E-state index contributed by atoms with van der Waals surface area (Å²) in [5, 5.41) is 6.59. The number of rotatable bonds is 4. The summed E-state index contributed by atoms with van der Waals surface area (Å²) in [6.07, 6.45) is 0. The molecule has 1 unspecified atom stereocenters. The van der Waals surface area contributed by atoms with Crippen molar-refractivity contribution in [3.63, 3.8) is 0 Å². The zero-order valence-electron chi connectivity index (χ0n) is 9.96. The van der Waals surface area contributed by atoms with Crippen LogP contribution in [-0.2, 0) is 0 Å². The molecule has 0 fully saturated rings. The third-order valence-corrected chi connectivity index (χ3v) is 2.99. The first-order chi connectivity index (χ1) is 7.81. The lowest BCUT2D eigenvalue weighted by atomic mass is 10.00. The fourth-order valence-electron chi connectivity index (χ4n) is 2.26. The maximum absolute atomic E-state index is 5.41. The van der Waals surface area contributed by atoms with Gasteiger partial charge in [-0.1, -0.05) is 0 Å². The summed E-state index contributed by atoms with van der Waals surface area (Å²) >= 11 is 0. The maximum Gasteiger partial charge on any atom is 0.142 e. The van der Waals surface area contributed by atoms with Crippen molar-refractivity contribution in [1.29, 1.82) is 0 Å². The Balaban J connectivity index is 2.44. The Morgan fingerprint density at radius 3 is 2.62 bits per heavy atom. The Labute approximate surface area is 95.9 Å². The monoisotopic (exact) mass is 222 g/mol. The van der Waals surface area contributed by atoms with Crippen LogP contribution in [0.2, 0.25) is 0 Å². The van der Waals surface area contributed by atoms with Crippen LogP contribution in [0.15, 0.2) is 12.1 Å². The van der Waals surface area contributed by atoms with Crippen molar-refractivity contribution < 1.29 is 9.47 Å².